The van der Waals surface area contributed by atoms with Crippen molar-refractivity contribution in [2.75, 3.05) is 13.2 Å². The molecule has 7 nitrogen and oxygen atoms in total. The first-order valence-corrected chi connectivity index (χ1v) is 9.49. The molecule has 25 heavy (non-hydrogen) atoms. The lowest BCUT2D eigenvalue weighted by Gasteiger charge is -2.50. The van der Waals surface area contributed by atoms with E-state index in [1.54, 1.807) is 0 Å². The summed E-state index contributed by atoms with van der Waals surface area (Å²) in [7, 11) is 0. The van der Waals surface area contributed by atoms with Crippen molar-refractivity contribution in [3.63, 3.8) is 0 Å². The monoisotopic (exact) mass is 360 g/mol. The maximum Gasteiger partial charge on any atom is 0.219 e. The lowest BCUT2D eigenvalue weighted by Crippen LogP contribution is -2.68. The minimum atomic E-state index is -1.69. The lowest BCUT2D eigenvalue weighted by atomic mass is 9.95. The quantitative estimate of drug-likeness (QED) is 0.452. The van der Waals surface area contributed by atoms with Crippen LogP contribution in [0.2, 0.25) is 0 Å². The normalized spacial score (nSPS) is 29.6. The Labute approximate surface area is 150 Å². The van der Waals surface area contributed by atoms with Gasteiger partial charge in [0.2, 0.25) is 5.91 Å². The molecule has 0 aromatic heterocycles. The van der Waals surface area contributed by atoms with Crippen molar-refractivity contribution in [2.45, 2.75) is 95.9 Å². The van der Waals surface area contributed by atoms with Gasteiger partial charge < -0.3 is 30.1 Å². The van der Waals surface area contributed by atoms with Crippen molar-refractivity contribution in [3.05, 3.63) is 0 Å². The average molecular weight is 360 g/mol. The van der Waals surface area contributed by atoms with Crippen molar-refractivity contribution >= 4 is 5.91 Å². The molecule has 148 valence electrons. The van der Waals surface area contributed by atoms with Crippen LogP contribution in [0.4, 0.5) is 0 Å². The molecule has 1 rings (SSSR count). The number of hydrogen-bond donors (Lipinski definition) is 3. The summed E-state index contributed by atoms with van der Waals surface area (Å²) in [6, 6.07) is -1.14. The molecule has 0 aromatic carbocycles. The highest BCUT2D eigenvalue weighted by molar-refractivity contribution is 5.73. The largest absolute Gasteiger partial charge is 0.829 e. The third-order valence-corrected chi connectivity index (χ3v) is 4.87. The van der Waals surface area contributed by atoms with Crippen LogP contribution in [-0.2, 0) is 9.53 Å². The molecule has 0 aliphatic carbocycles. The van der Waals surface area contributed by atoms with Gasteiger partial charge in [0.15, 0.2) is 0 Å². The molecule has 0 unspecified atom stereocenters. The molecule has 5 atom stereocenters. The van der Waals surface area contributed by atoms with E-state index in [1.807, 2.05) is 0 Å². The smallest absolute Gasteiger partial charge is 0.219 e. The van der Waals surface area contributed by atoms with Gasteiger partial charge in [-0.2, -0.15) is 0 Å². The number of aliphatic hydroxyl groups is 3. The van der Waals surface area contributed by atoms with Crippen molar-refractivity contribution < 1.29 is 30.0 Å². The third-order valence-electron chi connectivity index (χ3n) is 4.87. The Kier molecular flexibility index (Phi) is 10.5. The van der Waals surface area contributed by atoms with Crippen LogP contribution >= 0.6 is 0 Å². The number of nitrogens with zero attached hydrogens (tertiary/aromatic N) is 1. The van der Waals surface area contributed by atoms with Gasteiger partial charge in [-0.05, 0) is 6.42 Å². The van der Waals surface area contributed by atoms with Crippen LogP contribution in [0.15, 0.2) is 0 Å². The Morgan fingerprint density at radius 2 is 1.60 bits per heavy atom. The van der Waals surface area contributed by atoms with E-state index in [4.69, 9.17) is 9.84 Å². The lowest BCUT2D eigenvalue weighted by molar-refractivity contribution is -0.525. The molecule has 7 heteroatoms. The van der Waals surface area contributed by atoms with Gasteiger partial charge in [0.25, 0.3) is 0 Å². The molecule has 1 saturated heterocycles. The molecule has 3 N–H and O–H groups in total. The number of amides is 1. The number of carbonyl (C=O) groups excluding carboxylic acids is 1. The Hall–Kier alpha value is -0.730. The molecule has 0 spiro atoms. The minimum Gasteiger partial charge on any atom is -0.829 e. The number of hydrogen-bond acceptors (Lipinski definition) is 6. The minimum absolute atomic E-state index is 0.328. The van der Waals surface area contributed by atoms with Crippen molar-refractivity contribution in [3.8, 4) is 0 Å². The van der Waals surface area contributed by atoms with Crippen molar-refractivity contribution in [2.24, 2.45) is 0 Å². The Morgan fingerprint density at radius 3 is 2.12 bits per heavy atom. The van der Waals surface area contributed by atoms with E-state index >= 15 is 0 Å². The molecular formula is C18H34NO6-. The summed E-state index contributed by atoms with van der Waals surface area (Å²) in [4.78, 5) is 13.2. The topological polar surface area (TPSA) is 113 Å². The van der Waals surface area contributed by atoms with E-state index in [2.05, 4.69) is 6.92 Å². The maximum absolute atomic E-state index is 12.2. The highest BCUT2D eigenvalue weighted by atomic mass is 16.6. The zero-order chi connectivity index (χ0) is 18.8. The van der Waals surface area contributed by atoms with E-state index < -0.39 is 37.3 Å². The Bertz CT molecular complexity index is 381. The summed E-state index contributed by atoms with van der Waals surface area (Å²) in [5, 5.41) is 41.5. The fourth-order valence-electron chi connectivity index (χ4n) is 3.33. The fourth-order valence-corrected chi connectivity index (χ4v) is 3.33. The van der Waals surface area contributed by atoms with Gasteiger partial charge in [-0.15, -0.1) is 0 Å². The van der Waals surface area contributed by atoms with E-state index in [0.717, 1.165) is 25.7 Å². The first-order chi connectivity index (χ1) is 11.9. The molecular weight excluding hydrogens is 326 g/mol. The highest BCUT2D eigenvalue weighted by Crippen LogP contribution is 2.23. The Balaban J connectivity index is 2.46. The second-order valence-electron chi connectivity index (χ2n) is 6.88. The first-order valence-electron chi connectivity index (χ1n) is 9.49. The summed E-state index contributed by atoms with van der Waals surface area (Å²) >= 11 is 0. The standard InChI is InChI=1S/C18H34NO6/c1-3-4-5-6-7-8-9-10-11-19(13(2)21)15-17(23)16(22)14(12-20)25-18(15)24/h14-18,20,22-23H,3-12H2,1-2H3/q-1/t14-,15-,16-,17-,18+/m1/s1. The number of rotatable bonds is 11. The van der Waals surface area contributed by atoms with Crippen LogP contribution < -0.4 is 5.11 Å². The number of unbranched alkanes of at least 4 members (excludes halogenated alkanes) is 7. The highest BCUT2D eigenvalue weighted by Gasteiger charge is 2.43. The molecule has 0 bridgehead atoms. The molecule has 0 aromatic rings. The predicted octanol–water partition coefficient (Wildman–Crippen LogP) is 0.144. The third kappa shape index (κ3) is 6.83. The second-order valence-corrected chi connectivity index (χ2v) is 6.88. The van der Waals surface area contributed by atoms with E-state index in [0.29, 0.717) is 6.54 Å². The van der Waals surface area contributed by atoms with Crippen LogP contribution in [0, 0.1) is 0 Å². The number of aliphatic hydroxyl groups excluding tert-OH is 3. The van der Waals surface area contributed by atoms with Gasteiger partial charge in [0, 0.05) is 19.8 Å². The fraction of sp³-hybridized carbons (Fsp3) is 0.944. The predicted molar refractivity (Wildman–Crippen MR) is 91.5 cm³/mol. The van der Waals surface area contributed by atoms with Gasteiger partial charge in [-0.3, -0.25) is 4.79 Å². The summed E-state index contributed by atoms with van der Waals surface area (Å²) in [5.41, 5.74) is 0. The summed E-state index contributed by atoms with van der Waals surface area (Å²) in [5.74, 6) is -0.328. The molecule has 1 amide bonds. The van der Waals surface area contributed by atoms with Gasteiger partial charge in [0.1, 0.15) is 18.3 Å². The van der Waals surface area contributed by atoms with Crippen molar-refractivity contribution in [1.82, 2.24) is 4.90 Å². The molecule has 1 heterocycles. The molecule has 0 saturated carbocycles. The molecule has 1 aliphatic rings. The summed E-state index contributed by atoms with van der Waals surface area (Å²) in [6.45, 7) is 3.32. The van der Waals surface area contributed by atoms with Gasteiger partial charge in [-0.1, -0.05) is 51.9 Å². The maximum atomic E-state index is 12.2. The van der Waals surface area contributed by atoms with Crippen molar-refractivity contribution in [1.29, 1.82) is 0 Å². The molecule has 1 aliphatic heterocycles. The van der Waals surface area contributed by atoms with Crippen LogP contribution in [0.5, 0.6) is 0 Å². The van der Waals surface area contributed by atoms with Crippen LogP contribution in [0.1, 0.15) is 65.2 Å². The number of carbonyl (C=O) groups is 1. The van der Waals surface area contributed by atoms with E-state index in [-0.39, 0.29) is 5.91 Å². The SMILES string of the molecule is CCCCCCCCCCN(C(C)=O)[C@@H]1[C@@H](O)[C@H](O)[C@@H](CO)O[C@@H]1[O-]. The van der Waals surface area contributed by atoms with Crippen LogP contribution in [0.3, 0.4) is 0 Å². The zero-order valence-electron chi connectivity index (χ0n) is 15.5. The van der Waals surface area contributed by atoms with Gasteiger partial charge in [0.05, 0.1) is 12.6 Å². The molecule has 0 radical (unpaired) electrons. The second kappa shape index (κ2) is 11.8. The van der Waals surface area contributed by atoms with Gasteiger partial charge in [-0.25, -0.2) is 0 Å². The average Bonchev–Trinajstić information content (AvgIpc) is 2.58. The van der Waals surface area contributed by atoms with E-state index in [9.17, 15) is 20.1 Å². The summed E-state index contributed by atoms with van der Waals surface area (Å²) in [6.07, 6.45) is 3.27. The zero-order valence-corrected chi connectivity index (χ0v) is 15.5. The number of ether oxygens (including phenoxy) is 1. The van der Waals surface area contributed by atoms with E-state index in [1.165, 1.54) is 37.5 Å². The summed E-state index contributed by atoms with van der Waals surface area (Å²) < 4.78 is 5.03. The Morgan fingerprint density at radius 1 is 1.04 bits per heavy atom. The van der Waals surface area contributed by atoms with Crippen LogP contribution in [0.25, 0.3) is 0 Å². The van der Waals surface area contributed by atoms with Gasteiger partial charge >= 0.3 is 0 Å². The van der Waals surface area contributed by atoms with Crippen LogP contribution in [-0.4, -0.2) is 69.9 Å². The first kappa shape index (κ1) is 22.3. The molecule has 1 fully saturated rings.